The van der Waals surface area contributed by atoms with Crippen molar-refractivity contribution in [2.24, 2.45) is 0 Å². The Balaban J connectivity index is 1.47. The van der Waals surface area contributed by atoms with Crippen molar-refractivity contribution in [3.63, 3.8) is 0 Å². The van der Waals surface area contributed by atoms with Crippen LogP contribution in [-0.2, 0) is 11.3 Å². The predicted molar refractivity (Wildman–Crippen MR) is 131 cm³/mol. The van der Waals surface area contributed by atoms with Crippen molar-refractivity contribution in [3.05, 3.63) is 40.5 Å². The van der Waals surface area contributed by atoms with Gasteiger partial charge in [-0.05, 0) is 68.4 Å². The zero-order valence-corrected chi connectivity index (χ0v) is 21.3. The van der Waals surface area contributed by atoms with Crippen LogP contribution in [0.3, 0.4) is 0 Å². The summed E-state index contributed by atoms with van der Waals surface area (Å²) >= 11 is 0.799. The number of aryl methyl sites for hydroxylation is 1. The predicted octanol–water partition coefficient (Wildman–Crippen LogP) is 3.84. The number of halogens is 2. The second-order valence-electron chi connectivity index (χ2n) is 8.69. The Kier molecular flexibility index (Phi) is 10.4. The van der Waals surface area contributed by atoms with Gasteiger partial charge in [-0.25, -0.2) is 18.4 Å². The van der Waals surface area contributed by atoms with Crippen molar-refractivity contribution < 1.29 is 33.0 Å². The maximum absolute atomic E-state index is 14.1. The molecule has 0 radical (unpaired) electrons. The minimum atomic E-state index is -0.802. The summed E-state index contributed by atoms with van der Waals surface area (Å²) in [4.78, 5) is 27.0. The van der Waals surface area contributed by atoms with Crippen molar-refractivity contribution in [1.82, 2.24) is 14.6 Å². The first kappa shape index (κ1) is 27.8. The van der Waals surface area contributed by atoms with Crippen LogP contribution in [-0.4, -0.2) is 65.8 Å². The first-order chi connectivity index (χ1) is 17.3. The fraction of sp³-hybridized carbons (Fsp3) is 0.542. The van der Waals surface area contributed by atoms with E-state index in [1.807, 2.05) is 0 Å². The maximum Gasteiger partial charge on any atom is 0.346 e. The molecule has 198 valence electrons. The molecule has 2 aromatic rings. The number of benzene rings is 1. The molecule has 2 amide bonds. The van der Waals surface area contributed by atoms with E-state index in [4.69, 9.17) is 9.47 Å². The Morgan fingerprint density at radius 2 is 1.89 bits per heavy atom. The van der Waals surface area contributed by atoms with E-state index >= 15 is 0 Å². The molecule has 36 heavy (non-hydrogen) atoms. The zero-order chi connectivity index (χ0) is 26.1. The van der Waals surface area contributed by atoms with E-state index in [0.29, 0.717) is 12.1 Å². The van der Waals surface area contributed by atoms with Crippen molar-refractivity contribution in [3.8, 4) is 5.88 Å². The number of rotatable bonds is 11. The van der Waals surface area contributed by atoms with Gasteiger partial charge in [-0.2, -0.15) is 4.37 Å². The third-order valence-electron chi connectivity index (χ3n) is 5.91. The van der Waals surface area contributed by atoms with Gasteiger partial charge in [-0.15, -0.1) is 0 Å². The number of likely N-dealkylation sites (tertiary alicyclic amines) is 1. The second-order valence-corrected chi connectivity index (χ2v) is 9.47. The Labute approximate surface area is 212 Å². The lowest BCUT2D eigenvalue weighted by Gasteiger charge is -2.29. The quantitative estimate of drug-likeness (QED) is 0.301. The monoisotopic (exact) mass is 526 g/mol. The third kappa shape index (κ3) is 7.84. The van der Waals surface area contributed by atoms with Gasteiger partial charge in [0.05, 0.1) is 18.8 Å². The SMILES string of the molecule is COC(=O)c1c(OCc2c(F)cc(C)cc2F)nsc1NC(=O)NCCCCCN1CCC(O)CC1. The number of aliphatic hydroxyl groups is 1. The number of aromatic nitrogens is 1. The summed E-state index contributed by atoms with van der Waals surface area (Å²) in [6, 6.07) is 1.84. The lowest BCUT2D eigenvalue weighted by Crippen LogP contribution is -2.36. The highest BCUT2D eigenvalue weighted by Gasteiger charge is 2.25. The van der Waals surface area contributed by atoms with Gasteiger partial charge in [0.15, 0.2) is 5.56 Å². The lowest BCUT2D eigenvalue weighted by atomic mass is 10.1. The number of hydrogen-bond donors (Lipinski definition) is 3. The molecule has 0 spiro atoms. The lowest BCUT2D eigenvalue weighted by molar-refractivity contribution is 0.0596. The highest BCUT2D eigenvalue weighted by atomic mass is 32.1. The first-order valence-electron chi connectivity index (χ1n) is 11.9. The largest absolute Gasteiger partial charge is 0.471 e. The Bertz CT molecular complexity index is 1020. The van der Waals surface area contributed by atoms with E-state index in [9.17, 15) is 23.5 Å². The van der Waals surface area contributed by atoms with Crippen LogP contribution in [0.15, 0.2) is 12.1 Å². The topological polar surface area (TPSA) is 113 Å². The summed E-state index contributed by atoms with van der Waals surface area (Å²) in [7, 11) is 1.17. The van der Waals surface area contributed by atoms with E-state index in [2.05, 4.69) is 19.9 Å². The molecule has 2 heterocycles. The molecule has 0 aliphatic carbocycles. The Morgan fingerprint density at radius 3 is 2.56 bits per heavy atom. The fourth-order valence-electron chi connectivity index (χ4n) is 3.88. The molecule has 1 aromatic carbocycles. The summed E-state index contributed by atoms with van der Waals surface area (Å²) in [6.07, 6.45) is 4.20. The van der Waals surface area contributed by atoms with Gasteiger partial charge < -0.3 is 24.8 Å². The number of hydrogen-bond acceptors (Lipinski definition) is 8. The van der Waals surface area contributed by atoms with Gasteiger partial charge in [0.25, 0.3) is 0 Å². The number of unbranched alkanes of at least 4 members (excludes halogenated alkanes) is 2. The molecule has 3 rings (SSSR count). The van der Waals surface area contributed by atoms with Crippen LogP contribution in [0.25, 0.3) is 0 Å². The molecule has 3 N–H and O–H groups in total. The van der Waals surface area contributed by atoms with E-state index in [-0.39, 0.29) is 28.1 Å². The number of anilines is 1. The first-order valence-corrected chi connectivity index (χ1v) is 12.7. The van der Waals surface area contributed by atoms with Gasteiger partial charge in [0, 0.05) is 19.6 Å². The number of esters is 1. The van der Waals surface area contributed by atoms with Crippen molar-refractivity contribution in [2.45, 2.75) is 51.7 Å². The normalized spacial score (nSPS) is 14.5. The number of urea groups is 1. The third-order valence-corrected chi connectivity index (χ3v) is 6.66. The highest BCUT2D eigenvalue weighted by molar-refractivity contribution is 7.11. The molecule has 0 bridgehead atoms. The average Bonchev–Trinajstić information content (AvgIpc) is 3.23. The Hall–Kier alpha value is -2.83. The van der Waals surface area contributed by atoms with E-state index in [1.165, 1.54) is 19.2 Å². The summed E-state index contributed by atoms with van der Waals surface area (Å²) in [5, 5.41) is 15.0. The van der Waals surface area contributed by atoms with E-state index in [0.717, 1.165) is 63.3 Å². The van der Waals surface area contributed by atoms with Crippen LogP contribution >= 0.6 is 11.5 Å². The van der Waals surface area contributed by atoms with Gasteiger partial charge in [-0.3, -0.25) is 5.32 Å². The van der Waals surface area contributed by atoms with Crippen LogP contribution in [0.1, 0.15) is 53.6 Å². The second kappa shape index (κ2) is 13.5. The smallest absolute Gasteiger partial charge is 0.346 e. The summed E-state index contributed by atoms with van der Waals surface area (Å²) < 4.78 is 42.4. The number of methoxy groups -OCH3 is 1. The Morgan fingerprint density at radius 1 is 1.19 bits per heavy atom. The van der Waals surface area contributed by atoms with Gasteiger partial charge in [0.1, 0.15) is 23.2 Å². The number of carbonyl (C=O) groups is 2. The molecule has 0 unspecified atom stereocenters. The standard InChI is InChI=1S/C24H32F2N4O5S/c1-15-12-18(25)17(19(26)13-15)14-35-21-20(23(32)34-2)22(36-29-21)28-24(33)27-8-4-3-5-9-30-10-6-16(31)7-11-30/h12-13,16,31H,3-11,14H2,1-2H3,(H2,27,28,33). The van der Waals surface area contributed by atoms with Crippen molar-refractivity contribution >= 4 is 28.5 Å². The number of aliphatic hydroxyl groups excluding tert-OH is 1. The van der Waals surface area contributed by atoms with Gasteiger partial charge in [0.2, 0.25) is 5.88 Å². The molecule has 1 aromatic heterocycles. The molecule has 1 fully saturated rings. The van der Waals surface area contributed by atoms with Crippen LogP contribution in [0, 0.1) is 18.6 Å². The maximum atomic E-state index is 14.1. The molecular weight excluding hydrogens is 494 g/mol. The van der Waals surface area contributed by atoms with Gasteiger partial charge in [-0.1, -0.05) is 6.42 Å². The number of nitrogens with one attached hydrogen (secondary N) is 2. The van der Waals surface area contributed by atoms with E-state index < -0.39 is 30.2 Å². The molecule has 1 aliphatic heterocycles. The number of carbonyl (C=O) groups excluding carboxylic acids is 2. The van der Waals surface area contributed by atoms with Crippen molar-refractivity contribution in [2.75, 3.05) is 38.6 Å². The molecular formula is C24H32F2N4O5S. The van der Waals surface area contributed by atoms with Crippen LogP contribution < -0.4 is 15.4 Å². The molecule has 1 aliphatic rings. The fourth-order valence-corrected chi connectivity index (χ4v) is 4.60. The number of piperidine rings is 1. The van der Waals surface area contributed by atoms with E-state index in [1.54, 1.807) is 6.92 Å². The van der Waals surface area contributed by atoms with Crippen LogP contribution in [0.4, 0.5) is 18.6 Å². The average molecular weight is 527 g/mol. The molecule has 0 saturated carbocycles. The zero-order valence-electron chi connectivity index (χ0n) is 20.4. The highest BCUT2D eigenvalue weighted by Crippen LogP contribution is 2.32. The summed E-state index contributed by atoms with van der Waals surface area (Å²) in [6.45, 7) is 4.33. The minimum Gasteiger partial charge on any atom is -0.471 e. The number of amides is 2. The van der Waals surface area contributed by atoms with Gasteiger partial charge >= 0.3 is 12.0 Å². The van der Waals surface area contributed by atoms with Crippen molar-refractivity contribution in [1.29, 1.82) is 0 Å². The number of nitrogens with zero attached hydrogens (tertiary/aromatic N) is 2. The molecule has 1 saturated heterocycles. The van der Waals surface area contributed by atoms with Crippen LogP contribution in [0.5, 0.6) is 5.88 Å². The van der Waals surface area contributed by atoms with Crippen LogP contribution in [0.2, 0.25) is 0 Å². The minimum absolute atomic E-state index is 0.103. The summed E-state index contributed by atoms with van der Waals surface area (Å²) in [5.74, 6) is -2.53. The molecule has 12 heteroatoms. The molecule has 0 atom stereocenters. The molecule has 9 nitrogen and oxygen atoms in total. The summed E-state index contributed by atoms with van der Waals surface area (Å²) in [5.41, 5.74) is 0.00432. The number of ether oxygens (including phenoxy) is 2.